The monoisotopic (exact) mass is 383 g/mol. The van der Waals surface area contributed by atoms with Crippen molar-refractivity contribution in [2.75, 3.05) is 7.05 Å². The molecule has 0 fully saturated rings. The van der Waals surface area contributed by atoms with E-state index in [1.807, 2.05) is 0 Å². The van der Waals surface area contributed by atoms with Gasteiger partial charge in [0.15, 0.2) is 0 Å². The second-order valence-corrected chi connectivity index (χ2v) is 7.72. The van der Waals surface area contributed by atoms with Crippen LogP contribution in [0.2, 0.25) is 0 Å². The van der Waals surface area contributed by atoms with Crippen LogP contribution in [-0.2, 0) is 4.79 Å². The molecule has 0 aromatic carbocycles. The summed E-state index contributed by atoms with van der Waals surface area (Å²) in [6.45, 7) is 2.98. The predicted molar refractivity (Wildman–Crippen MR) is 73.5 cm³/mol. The van der Waals surface area contributed by atoms with Crippen molar-refractivity contribution in [3.63, 3.8) is 0 Å². The van der Waals surface area contributed by atoms with Crippen molar-refractivity contribution < 1.29 is 14.7 Å². The van der Waals surface area contributed by atoms with Gasteiger partial charge in [-0.3, -0.25) is 4.79 Å². The molecule has 1 aromatic heterocycles. The molecular formula is C10H11Br2NO3S. The van der Waals surface area contributed by atoms with E-state index in [2.05, 4.69) is 31.9 Å². The van der Waals surface area contributed by atoms with Crippen molar-refractivity contribution in [1.29, 1.82) is 0 Å². The smallest absolute Gasteiger partial charge is 0.329 e. The van der Waals surface area contributed by atoms with E-state index in [0.29, 0.717) is 9.35 Å². The van der Waals surface area contributed by atoms with Crippen LogP contribution in [0.4, 0.5) is 0 Å². The van der Waals surface area contributed by atoms with E-state index in [9.17, 15) is 9.59 Å². The molecule has 0 unspecified atom stereocenters. The van der Waals surface area contributed by atoms with Crippen molar-refractivity contribution in [3.8, 4) is 0 Å². The Kier molecular flexibility index (Phi) is 4.38. The number of halogens is 2. The van der Waals surface area contributed by atoms with E-state index in [4.69, 9.17) is 5.11 Å². The predicted octanol–water partition coefficient (Wildman–Crippen LogP) is 3.21. The number of aliphatic carboxylic acids is 1. The zero-order valence-electron chi connectivity index (χ0n) is 9.45. The molecule has 4 nitrogen and oxygen atoms in total. The molecule has 0 atom stereocenters. The van der Waals surface area contributed by atoms with Crippen molar-refractivity contribution in [2.45, 2.75) is 19.4 Å². The van der Waals surface area contributed by atoms with Crippen LogP contribution in [-0.4, -0.2) is 34.5 Å². The van der Waals surface area contributed by atoms with Crippen LogP contribution < -0.4 is 0 Å². The van der Waals surface area contributed by atoms with Crippen LogP contribution in [0, 0.1) is 0 Å². The lowest BCUT2D eigenvalue weighted by molar-refractivity contribution is -0.147. The molecule has 0 saturated carbocycles. The Hall–Kier alpha value is -0.400. The number of carbonyl (C=O) groups is 2. The third-order valence-corrected chi connectivity index (χ3v) is 4.89. The van der Waals surface area contributed by atoms with Crippen LogP contribution in [0.25, 0.3) is 0 Å². The van der Waals surface area contributed by atoms with E-state index >= 15 is 0 Å². The highest BCUT2D eigenvalue weighted by Gasteiger charge is 2.36. The Morgan fingerprint density at radius 1 is 1.41 bits per heavy atom. The number of carboxylic acid groups (broad SMARTS) is 1. The topological polar surface area (TPSA) is 57.6 Å². The Balaban J connectivity index is 3.06. The Morgan fingerprint density at radius 2 is 1.94 bits per heavy atom. The number of amides is 1. The van der Waals surface area contributed by atoms with Gasteiger partial charge in [-0.25, -0.2) is 4.79 Å². The van der Waals surface area contributed by atoms with Gasteiger partial charge in [0.2, 0.25) is 0 Å². The first-order chi connectivity index (χ1) is 7.67. The molecule has 0 spiro atoms. The van der Waals surface area contributed by atoms with E-state index in [1.54, 1.807) is 6.07 Å². The van der Waals surface area contributed by atoms with E-state index < -0.39 is 11.5 Å². The lowest BCUT2D eigenvalue weighted by atomic mass is 10.0. The summed E-state index contributed by atoms with van der Waals surface area (Å²) in [6, 6.07) is 1.67. The SMILES string of the molecule is CN(C(=O)c1cc(Br)sc1Br)C(C)(C)C(=O)O. The van der Waals surface area contributed by atoms with Gasteiger partial charge in [0, 0.05) is 7.05 Å². The van der Waals surface area contributed by atoms with Crippen LogP contribution in [0.1, 0.15) is 24.2 Å². The van der Waals surface area contributed by atoms with Crippen molar-refractivity contribution >= 4 is 55.1 Å². The van der Waals surface area contributed by atoms with Gasteiger partial charge in [-0.15, -0.1) is 11.3 Å². The zero-order chi connectivity index (χ0) is 13.4. The molecule has 7 heteroatoms. The molecule has 17 heavy (non-hydrogen) atoms. The molecule has 1 amide bonds. The summed E-state index contributed by atoms with van der Waals surface area (Å²) in [5, 5.41) is 9.07. The van der Waals surface area contributed by atoms with Crippen LogP contribution in [0.15, 0.2) is 13.6 Å². The summed E-state index contributed by atoms with van der Waals surface area (Å²) in [7, 11) is 1.48. The first kappa shape index (κ1) is 14.7. The lowest BCUT2D eigenvalue weighted by Gasteiger charge is -2.31. The number of likely N-dealkylation sites (N-methyl/N-ethyl adjacent to an activating group) is 1. The number of rotatable bonds is 3. The van der Waals surface area contributed by atoms with E-state index in [1.165, 1.54) is 37.1 Å². The van der Waals surface area contributed by atoms with Gasteiger partial charge in [0.05, 0.1) is 13.1 Å². The molecule has 1 N–H and O–H groups in total. The number of nitrogens with zero attached hydrogens (tertiary/aromatic N) is 1. The minimum Gasteiger partial charge on any atom is -0.480 e. The third-order valence-electron chi connectivity index (χ3n) is 2.55. The molecular weight excluding hydrogens is 374 g/mol. The molecule has 0 aliphatic heterocycles. The summed E-state index contributed by atoms with van der Waals surface area (Å²) in [5.41, 5.74) is -0.788. The number of carboxylic acids is 1. The maximum Gasteiger partial charge on any atom is 0.329 e. The molecule has 1 rings (SSSR count). The van der Waals surface area contributed by atoms with Crippen molar-refractivity contribution in [1.82, 2.24) is 4.90 Å². The molecule has 0 aliphatic rings. The van der Waals surface area contributed by atoms with Gasteiger partial charge >= 0.3 is 5.97 Å². The van der Waals surface area contributed by atoms with Crippen LogP contribution in [0.3, 0.4) is 0 Å². The molecule has 0 bridgehead atoms. The Labute approximate surface area is 120 Å². The Bertz CT molecular complexity index is 470. The standard InChI is InChI=1S/C10H11Br2NO3S/c1-10(2,9(15)16)13(3)8(14)5-4-6(11)17-7(5)12/h4H,1-3H3,(H,15,16). The first-order valence-electron chi connectivity index (χ1n) is 4.64. The first-order valence-corrected chi connectivity index (χ1v) is 7.04. The third kappa shape index (κ3) is 2.89. The largest absolute Gasteiger partial charge is 0.480 e. The van der Waals surface area contributed by atoms with E-state index in [0.717, 1.165) is 3.79 Å². The highest BCUT2D eigenvalue weighted by atomic mass is 79.9. The minimum absolute atomic E-state index is 0.328. The fourth-order valence-electron chi connectivity index (χ4n) is 1.06. The maximum atomic E-state index is 12.1. The molecule has 94 valence electrons. The summed E-state index contributed by atoms with van der Waals surface area (Å²) < 4.78 is 1.50. The highest BCUT2D eigenvalue weighted by molar-refractivity contribution is 9.12. The number of hydrogen-bond acceptors (Lipinski definition) is 3. The summed E-state index contributed by atoms with van der Waals surface area (Å²) in [5.74, 6) is -1.37. The molecule has 0 aliphatic carbocycles. The maximum absolute atomic E-state index is 12.1. The van der Waals surface area contributed by atoms with Gasteiger partial charge in [0.25, 0.3) is 5.91 Å². The van der Waals surface area contributed by atoms with Crippen LogP contribution >= 0.6 is 43.2 Å². The molecule has 0 saturated heterocycles. The second kappa shape index (κ2) is 5.07. The lowest BCUT2D eigenvalue weighted by Crippen LogP contribution is -2.50. The normalized spacial score (nSPS) is 11.4. The Morgan fingerprint density at radius 3 is 2.29 bits per heavy atom. The zero-order valence-corrected chi connectivity index (χ0v) is 13.4. The average Bonchev–Trinajstić information content (AvgIpc) is 2.55. The number of thiophene rings is 1. The summed E-state index contributed by atoms with van der Waals surface area (Å²) >= 11 is 7.94. The van der Waals surface area contributed by atoms with Gasteiger partial charge in [-0.2, -0.15) is 0 Å². The molecule has 1 aromatic rings. The van der Waals surface area contributed by atoms with Gasteiger partial charge in [0.1, 0.15) is 5.54 Å². The number of hydrogen-bond donors (Lipinski definition) is 1. The quantitative estimate of drug-likeness (QED) is 0.870. The fourth-order valence-corrected chi connectivity index (χ4v) is 3.84. The van der Waals surface area contributed by atoms with Gasteiger partial charge in [-0.05, 0) is 51.8 Å². The average molecular weight is 385 g/mol. The second-order valence-electron chi connectivity index (χ2n) is 3.97. The highest BCUT2D eigenvalue weighted by Crippen LogP contribution is 2.33. The molecule has 0 radical (unpaired) electrons. The summed E-state index contributed by atoms with van der Waals surface area (Å²) in [4.78, 5) is 24.4. The van der Waals surface area contributed by atoms with E-state index in [-0.39, 0.29) is 5.91 Å². The number of carbonyl (C=O) groups excluding carboxylic acids is 1. The van der Waals surface area contributed by atoms with Gasteiger partial charge < -0.3 is 10.0 Å². The van der Waals surface area contributed by atoms with Crippen molar-refractivity contribution in [2.24, 2.45) is 0 Å². The molecule has 1 heterocycles. The fraction of sp³-hybridized carbons (Fsp3) is 0.400. The van der Waals surface area contributed by atoms with Crippen LogP contribution in [0.5, 0.6) is 0 Å². The van der Waals surface area contributed by atoms with Gasteiger partial charge in [-0.1, -0.05) is 0 Å². The van der Waals surface area contributed by atoms with Crippen molar-refractivity contribution in [3.05, 3.63) is 19.2 Å². The summed E-state index contributed by atoms with van der Waals surface area (Å²) in [6.07, 6.45) is 0. The minimum atomic E-state index is -1.25.